The molecule has 1 amide bonds. The Balaban J connectivity index is 1.68. The van der Waals surface area contributed by atoms with E-state index in [1.54, 1.807) is 24.3 Å². The van der Waals surface area contributed by atoms with Crippen LogP contribution in [0, 0.1) is 20.2 Å². The number of hydrogen-bond donors (Lipinski definition) is 1. The molecule has 2 aromatic carbocycles. The molecule has 0 aliphatic carbocycles. The average Bonchev–Trinajstić information content (AvgIpc) is 3.17. The Morgan fingerprint density at radius 1 is 0.964 bits per heavy atom. The summed E-state index contributed by atoms with van der Waals surface area (Å²) in [5, 5.41) is 25.3. The molecule has 10 nitrogen and oxygen atoms in total. The lowest BCUT2D eigenvalue weighted by atomic mass is 10.1. The number of nitrogens with zero attached hydrogens (tertiary/aromatic N) is 3. The maximum Gasteiger partial charge on any atom is 0.271 e. The third-order valence-corrected chi connectivity index (χ3v) is 3.65. The predicted octanol–water partition coefficient (Wildman–Crippen LogP) is 3.53. The Hall–Kier alpha value is -4.34. The molecule has 10 heteroatoms. The standard InChI is InChI=1S/C18H12N4O6/c23-18(13-4-2-6-15(10-13)22(26)27)20-19-11-16-7-8-17(28-16)12-3-1-5-14(9-12)21(24)25/h1-11H,(H,20,23)/b19-11+. The molecule has 0 spiro atoms. The second-order valence-electron chi connectivity index (χ2n) is 5.52. The van der Waals surface area contributed by atoms with E-state index < -0.39 is 15.8 Å². The lowest BCUT2D eigenvalue weighted by Gasteiger charge is -1.99. The molecule has 28 heavy (non-hydrogen) atoms. The van der Waals surface area contributed by atoms with E-state index in [0.29, 0.717) is 17.1 Å². The summed E-state index contributed by atoms with van der Waals surface area (Å²) in [5.41, 5.74) is 2.59. The summed E-state index contributed by atoms with van der Waals surface area (Å²) in [6, 6.07) is 14.4. The third kappa shape index (κ3) is 4.25. The highest BCUT2D eigenvalue weighted by Gasteiger charge is 2.11. The van der Waals surface area contributed by atoms with Gasteiger partial charge in [0.15, 0.2) is 0 Å². The van der Waals surface area contributed by atoms with Crippen LogP contribution in [0.2, 0.25) is 0 Å². The van der Waals surface area contributed by atoms with Gasteiger partial charge in [-0.2, -0.15) is 5.10 Å². The van der Waals surface area contributed by atoms with Gasteiger partial charge in [-0.25, -0.2) is 5.43 Å². The molecule has 0 unspecified atom stereocenters. The molecule has 140 valence electrons. The summed E-state index contributed by atoms with van der Waals surface area (Å²) in [7, 11) is 0. The number of carbonyl (C=O) groups is 1. The zero-order valence-corrected chi connectivity index (χ0v) is 14.1. The fourth-order valence-electron chi connectivity index (χ4n) is 2.33. The summed E-state index contributed by atoms with van der Waals surface area (Å²) >= 11 is 0. The quantitative estimate of drug-likeness (QED) is 0.394. The van der Waals surface area contributed by atoms with Gasteiger partial charge in [0.05, 0.1) is 16.1 Å². The largest absolute Gasteiger partial charge is 0.455 e. The van der Waals surface area contributed by atoms with Crippen LogP contribution in [-0.2, 0) is 0 Å². The zero-order valence-electron chi connectivity index (χ0n) is 14.1. The molecule has 1 heterocycles. The molecule has 0 aliphatic rings. The van der Waals surface area contributed by atoms with Gasteiger partial charge < -0.3 is 4.42 Å². The molecule has 3 rings (SSSR count). The molecule has 3 aromatic rings. The van der Waals surface area contributed by atoms with Gasteiger partial charge >= 0.3 is 0 Å². The molecule has 0 radical (unpaired) electrons. The van der Waals surface area contributed by atoms with Crippen molar-refractivity contribution in [3.05, 3.63) is 92.2 Å². The molecule has 0 fully saturated rings. The Bertz CT molecular complexity index is 1090. The van der Waals surface area contributed by atoms with E-state index in [4.69, 9.17) is 4.42 Å². The van der Waals surface area contributed by atoms with E-state index >= 15 is 0 Å². The summed E-state index contributed by atoms with van der Waals surface area (Å²) in [5.74, 6) is 0.0847. The van der Waals surface area contributed by atoms with Gasteiger partial charge in [-0.3, -0.25) is 25.0 Å². The van der Waals surface area contributed by atoms with E-state index in [9.17, 15) is 25.0 Å². The van der Waals surface area contributed by atoms with Crippen molar-refractivity contribution in [2.45, 2.75) is 0 Å². The van der Waals surface area contributed by atoms with Crippen molar-refractivity contribution >= 4 is 23.5 Å². The van der Waals surface area contributed by atoms with Gasteiger partial charge in [-0.1, -0.05) is 18.2 Å². The number of nitro benzene ring substituents is 2. The Morgan fingerprint density at radius 2 is 1.64 bits per heavy atom. The molecular weight excluding hydrogens is 368 g/mol. The number of rotatable bonds is 6. The lowest BCUT2D eigenvalue weighted by molar-refractivity contribution is -0.385. The normalized spacial score (nSPS) is 10.7. The molecule has 0 saturated carbocycles. The van der Waals surface area contributed by atoms with Crippen LogP contribution in [0.25, 0.3) is 11.3 Å². The summed E-state index contributed by atoms with van der Waals surface area (Å²) in [4.78, 5) is 32.5. The highest BCUT2D eigenvalue weighted by molar-refractivity contribution is 5.95. The summed E-state index contributed by atoms with van der Waals surface area (Å²) < 4.78 is 5.53. The van der Waals surface area contributed by atoms with Crippen molar-refractivity contribution in [2.75, 3.05) is 0 Å². The van der Waals surface area contributed by atoms with Crippen LogP contribution < -0.4 is 5.43 Å². The number of hydrazone groups is 1. The van der Waals surface area contributed by atoms with Crippen molar-refractivity contribution in [3.63, 3.8) is 0 Å². The van der Waals surface area contributed by atoms with E-state index in [0.717, 1.165) is 6.07 Å². The topological polar surface area (TPSA) is 141 Å². The first-order valence-electron chi connectivity index (χ1n) is 7.86. The molecule has 1 N–H and O–H groups in total. The van der Waals surface area contributed by atoms with E-state index in [1.807, 2.05) is 0 Å². The minimum atomic E-state index is -0.620. The van der Waals surface area contributed by atoms with Crippen LogP contribution in [0.1, 0.15) is 16.1 Å². The van der Waals surface area contributed by atoms with Crippen molar-refractivity contribution in [1.82, 2.24) is 5.43 Å². The Morgan fingerprint density at radius 3 is 2.36 bits per heavy atom. The van der Waals surface area contributed by atoms with E-state index in [-0.39, 0.29) is 16.9 Å². The number of nitrogens with one attached hydrogen (secondary N) is 1. The number of benzene rings is 2. The molecule has 1 aromatic heterocycles. The smallest absolute Gasteiger partial charge is 0.271 e. The highest BCUT2D eigenvalue weighted by Crippen LogP contribution is 2.25. The van der Waals surface area contributed by atoms with Gasteiger partial charge in [0, 0.05) is 35.4 Å². The first-order chi connectivity index (χ1) is 13.4. The van der Waals surface area contributed by atoms with Gasteiger partial charge in [-0.05, 0) is 18.2 Å². The Kier molecular flexibility index (Phi) is 5.21. The van der Waals surface area contributed by atoms with Crippen LogP contribution in [0.4, 0.5) is 11.4 Å². The average molecular weight is 380 g/mol. The van der Waals surface area contributed by atoms with E-state index in [2.05, 4.69) is 10.5 Å². The minimum Gasteiger partial charge on any atom is -0.455 e. The maximum absolute atomic E-state index is 12.0. The van der Waals surface area contributed by atoms with Crippen molar-refractivity contribution in [2.24, 2.45) is 5.10 Å². The van der Waals surface area contributed by atoms with Crippen LogP contribution in [-0.4, -0.2) is 22.0 Å². The molecule has 0 atom stereocenters. The van der Waals surface area contributed by atoms with Gasteiger partial charge in [0.2, 0.25) is 0 Å². The first-order valence-corrected chi connectivity index (χ1v) is 7.86. The highest BCUT2D eigenvalue weighted by atomic mass is 16.6. The molecule has 0 saturated heterocycles. The fourth-order valence-corrected chi connectivity index (χ4v) is 2.33. The monoisotopic (exact) mass is 380 g/mol. The number of hydrogen-bond acceptors (Lipinski definition) is 7. The molecular formula is C18H12N4O6. The van der Waals surface area contributed by atoms with Crippen molar-refractivity contribution < 1.29 is 19.1 Å². The van der Waals surface area contributed by atoms with Crippen molar-refractivity contribution in [3.8, 4) is 11.3 Å². The van der Waals surface area contributed by atoms with Crippen LogP contribution >= 0.6 is 0 Å². The van der Waals surface area contributed by atoms with Crippen LogP contribution in [0.5, 0.6) is 0 Å². The Labute approximate surface area is 157 Å². The van der Waals surface area contributed by atoms with E-state index in [1.165, 1.54) is 36.5 Å². The summed E-state index contributed by atoms with van der Waals surface area (Å²) in [6.45, 7) is 0. The first kappa shape index (κ1) is 18.5. The minimum absolute atomic E-state index is 0.0617. The summed E-state index contributed by atoms with van der Waals surface area (Å²) in [6.07, 6.45) is 1.25. The third-order valence-electron chi connectivity index (χ3n) is 3.65. The molecule has 0 aliphatic heterocycles. The zero-order chi connectivity index (χ0) is 20.1. The van der Waals surface area contributed by atoms with Gasteiger partial charge in [0.1, 0.15) is 11.5 Å². The van der Waals surface area contributed by atoms with Crippen molar-refractivity contribution in [1.29, 1.82) is 0 Å². The van der Waals surface area contributed by atoms with Gasteiger partial charge in [0.25, 0.3) is 17.3 Å². The predicted molar refractivity (Wildman–Crippen MR) is 99.0 cm³/mol. The number of nitro groups is 2. The number of carbonyl (C=O) groups excluding carboxylic acids is 1. The fraction of sp³-hybridized carbons (Fsp3) is 0. The second-order valence-corrected chi connectivity index (χ2v) is 5.52. The second kappa shape index (κ2) is 7.91. The number of furan rings is 1. The number of amides is 1. The van der Waals surface area contributed by atoms with Crippen LogP contribution in [0.3, 0.4) is 0 Å². The lowest BCUT2D eigenvalue weighted by Crippen LogP contribution is -2.17. The van der Waals surface area contributed by atoms with Gasteiger partial charge in [-0.15, -0.1) is 0 Å². The maximum atomic E-state index is 12.0. The van der Waals surface area contributed by atoms with Crippen LogP contribution in [0.15, 0.2) is 70.2 Å². The molecule has 0 bridgehead atoms. The SMILES string of the molecule is O=C(N/N=C/c1ccc(-c2cccc([N+](=O)[O-])c2)o1)c1cccc([N+](=O)[O-])c1. The number of non-ortho nitro benzene ring substituents is 2.